The molecule has 11 heavy (non-hydrogen) atoms. The van der Waals surface area contributed by atoms with Crippen LogP contribution in [0.15, 0.2) is 0 Å². The van der Waals surface area contributed by atoms with Crippen molar-refractivity contribution in [1.29, 1.82) is 0 Å². The Hall–Kier alpha value is 0.552. The molecule has 62 valence electrons. The van der Waals surface area contributed by atoms with Crippen molar-refractivity contribution in [2.45, 2.75) is 0 Å². The molecule has 0 amide bonds. The van der Waals surface area contributed by atoms with Crippen LogP contribution < -0.4 is 0 Å². The van der Waals surface area contributed by atoms with Crippen LogP contribution in [0.3, 0.4) is 0 Å². The molecule has 0 saturated carbocycles. The number of hydrogen-bond donors (Lipinski definition) is 2. The molecule has 0 heterocycles. The molecular weight excluding hydrogens is 183 g/mol. The first-order chi connectivity index (χ1) is 4.49. The summed E-state index contributed by atoms with van der Waals surface area (Å²) in [4.78, 5) is 20.6. The number of phosphoric acid groups is 1. The topological polar surface area (TPSA) is 85.2 Å². The minimum atomic E-state index is -4.98. The average molecular weight is 186 g/mol. The zero-order chi connectivity index (χ0) is 8.20. The van der Waals surface area contributed by atoms with E-state index >= 15 is 0 Å². The van der Waals surface area contributed by atoms with Gasteiger partial charge in [0.1, 0.15) is 0 Å². The second-order valence-electron chi connectivity index (χ2n) is 1.06. The Morgan fingerprint density at radius 2 is 1.64 bits per heavy atom. The molecule has 6 nitrogen and oxygen atoms in total. The van der Waals surface area contributed by atoms with E-state index in [-0.39, 0.29) is 18.9 Å². The van der Waals surface area contributed by atoms with Gasteiger partial charge in [-0.2, -0.15) is 9.72 Å². The van der Waals surface area contributed by atoms with Crippen molar-refractivity contribution < 1.29 is 37.6 Å². The van der Waals surface area contributed by atoms with Crippen molar-refractivity contribution >= 4 is 34.0 Å². The summed E-state index contributed by atoms with van der Waals surface area (Å²) in [6, 6.07) is 0. The first kappa shape index (κ1) is 14.1. The summed E-state index contributed by atoms with van der Waals surface area (Å²) in [7, 11) is -7.64. The van der Waals surface area contributed by atoms with Crippen LogP contribution in [0.5, 0.6) is 0 Å². The van der Waals surface area contributed by atoms with E-state index < -0.39 is 15.1 Å². The van der Waals surface area contributed by atoms with E-state index in [0.29, 0.717) is 0 Å². The molecule has 0 fully saturated rings. The molecule has 0 aromatic rings. The fraction of sp³-hybridized carbons (Fsp3) is 0. The third-order valence-corrected chi connectivity index (χ3v) is 0.816. The summed E-state index contributed by atoms with van der Waals surface area (Å²) in [6.45, 7) is 0. The van der Waals surface area contributed by atoms with Crippen molar-refractivity contribution in [3.8, 4) is 0 Å². The zero-order valence-corrected chi connectivity index (χ0v) is 5.20. The predicted molar refractivity (Wildman–Crippen MR) is 30.4 cm³/mol. The van der Waals surface area contributed by atoms with Crippen molar-refractivity contribution in [2.24, 2.45) is 0 Å². The minimum absolute atomic E-state index is 0. The normalized spacial score (nSPS) is 10.5. The van der Waals surface area contributed by atoms with Gasteiger partial charge in [0.25, 0.3) is 0 Å². The van der Waals surface area contributed by atoms with Crippen LogP contribution in [0.25, 0.3) is 0 Å². The third-order valence-electron chi connectivity index (χ3n) is 0.369. The van der Waals surface area contributed by atoms with E-state index in [1.165, 1.54) is 0 Å². The van der Waals surface area contributed by atoms with Crippen LogP contribution >= 0.6 is 7.82 Å². The Kier molecular flexibility index (Phi) is 7.83. The van der Waals surface area contributed by atoms with Crippen molar-refractivity contribution in [2.75, 3.05) is 0 Å². The van der Waals surface area contributed by atoms with Gasteiger partial charge in [-0.3, -0.25) is 4.44 Å². The van der Waals surface area contributed by atoms with Crippen LogP contribution in [0.1, 0.15) is 0 Å². The van der Waals surface area contributed by atoms with Crippen molar-refractivity contribution in [3.05, 3.63) is 0 Å². The van der Waals surface area contributed by atoms with Crippen LogP contribution in [0, 0.1) is 0 Å². The molecule has 0 radical (unpaired) electrons. The second-order valence-corrected chi connectivity index (χ2v) is 2.25. The second kappa shape index (κ2) is 6.11. The Morgan fingerprint density at radius 1 is 1.27 bits per heavy atom. The Labute approximate surface area is 72.2 Å². The molecule has 2 N–H and O–H groups in total. The third kappa shape index (κ3) is 8.46. The van der Waals surface area contributed by atoms with E-state index in [2.05, 4.69) is 14.2 Å². The van der Waals surface area contributed by atoms with E-state index in [1.807, 2.05) is 0 Å². The van der Waals surface area contributed by atoms with Gasteiger partial charge in [0.05, 0.1) is 0 Å². The number of hydrogen-bond acceptors (Lipinski definition) is 4. The number of rotatable bonds is 4. The van der Waals surface area contributed by atoms with E-state index in [1.54, 1.807) is 0 Å². The molecule has 0 aromatic heterocycles. The average Bonchev–Trinajstić information content (AvgIpc) is 1.81. The SMILES string of the molecule is O=P(O)(O)OB(OF)OF.[LiH]. The van der Waals surface area contributed by atoms with Crippen LogP contribution in [0.4, 0.5) is 9.05 Å². The quantitative estimate of drug-likeness (QED) is 0.442. The first-order valence-corrected chi connectivity index (χ1v) is 3.31. The molecule has 0 unspecified atom stereocenters. The van der Waals surface area contributed by atoms with Gasteiger partial charge in [0.15, 0.2) is 0 Å². The predicted octanol–water partition coefficient (Wildman–Crippen LogP) is -0.766. The fourth-order valence-electron chi connectivity index (χ4n) is 0.158. The Morgan fingerprint density at radius 3 is 1.73 bits per heavy atom. The van der Waals surface area contributed by atoms with Crippen LogP contribution in [-0.2, 0) is 18.7 Å². The molecule has 0 aromatic carbocycles. The number of halogens is 2. The molecule has 0 atom stereocenters. The van der Waals surface area contributed by atoms with Crippen molar-refractivity contribution in [3.63, 3.8) is 0 Å². The van der Waals surface area contributed by atoms with Crippen LogP contribution in [-0.4, -0.2) is 36.0 Å². The van der Waals surface area contributed by atoms with Gasteiger partial charge in [0, 0.05) is 0 Å². The monoisotopic (exact) mass is 186 g/mol. The maximum absolute atomic E-state index is 10.9. The van der Waals surface area contributed by atoms with Gasteiger partial charge in [0.2, 0.25) is 0 Å². The summed E-state index contributed by atoms with van der Waals surface area (Å²) < 4.78 is 34.7. The van der Waals surface area contributed by atoms with Gasteiger partial charge in [-0.1, -0.05) is 9.05 Å². The molecule has 0 aliphatic rings. The summed E-state index contributed by atoms with van der Waals surface area (Å²) in [5.74, 6) is 0. The molecule has 0 bridgehead atoms. The summed E-state index contributed by atoms with van der Waals surface area (Å²) in [5.41, 5.74) is 0. The van der Waals surface area contributed by atoms with Gasteiger partial charge in [-0.15, -0.1) is 0 Å². The van der Waals surface area contributed by atoms with E-state index in [0.717, 1.165) is 0 Å². The molecule has 0 aliphatic heterocycles. The van der Waals surface area contributed by atoms with Crippen molar-refractivity contribution in [1.82, 2.24) is 0 Å². The van der Waals surface area contributed by atoms with Gasteiger partial charge >= 0.3 is 34.0 Å². The first-order valence-electron chi connectivity index (χ1n) is 1.78. The molecular formula is H3BF2LiO6P. The van der Waals surface area contributed by atoms with Gasteiger partial charge in [-0.05, 0) is 0 Å². The van der Waals surface area contributed by atoms with Crippen LogP contribution in [0.2, 0.25) is 0 Å². The van der Waals surface area contributed by atoms with E-state index in [9.17, 15) is 13.6 Å². The maximum atomic E-state index is 10.9. The molecule has 11 heteroatoms. The van der Waals surface area contributed by atoms with Gasteiger partial charge in [-0.25, -0.2) is 4.57 Å². The molecule has 0 saturated heterocycles. The Balaban J connectivity index is 0. The summed E-state index contributed by atoms with van der Waals surface area (Å²) >= 11 is 0. The molecule has 0 rings (SSSR count). The summed E-state index contributed by atoms with van der Waals surface area (Å²) in [6.07, 6.45) is 0. The van der Waals surface area contributed by atoms with Gasteiger partial charge < -0.3 is 9.79 Å². The Bertz CT molecular complexity index is 133. The fourth-order valence-corrected chi connectivity index (χ4v) is 0.448. The molecule has 0 spiro atoms. The molecule has 0 aliphatic carbocycles. The zero-order valence-electron chi connectivity index (χ0n) is 4.31. The standard InChI is InChI=1S/BF2H2O6P.Li.H/c2-7-1(8-3)9-10(4,5)6;;/h(H2,4,5,6);;. The van der Waals surface area contributed by atoms with E-state index in [4.69, 9.17) is 9.79 Å². The summed E-state index contributed by atoms with van der Waals surface area (Å²) in [5, 5.41) is 0.